The Morgan fingerprint density at radius 1 is 1.31 bits per heavy atom. The summed E-state index contributed by atoms with van der Waals surface area (Å²) in [5.74, 6) is 0.330. The van der Waals surface area contributed by atoms with E-state index in [1.165, 1.54) is 19.3 Å². The highest BCUT2D eigenvalue weighted by molar-refractivity contribution is 5.68. The summed E-state index contributed by atoms with van der Waals surface area (Å²) >= 11 is 0. The highest BCUT2D eigenvalue weighted by Gasteiger charge is 2.46. The van der Waals surface area contributed by atoms with Gasteiger partial charge < -0.3 is 10.2 Å². The SMILES string of the molecule is O=C(O)CC1(O)CC2CCCC2C1. The third-order valence-corrected chi connectivity index (χ3v) is 3.58. The number of carboxylic acid groups (broad SMARTS) is 1. The van der Waals surface area contributed by atoms with Crippen molar-refractivity contribution >= 4 is 5.97 Å². The number of carboxylic acids is 1. The van der Waals surface area contributed by atoms with E-state index >= 15 is 0 Å². The largest absolute Gasteiger partial charge is 0.481 e. The van der Waals surface area contributed by atoms with E-state index in [-0.39, 0.29) is 6.42 Å². The number of hydrogen-bond acceptors (Lipinski definition) is 2. The fraction of sp³-hybridized carbons (Fsp3) is 0.900. The van der Waals surface area contributed by atoms with Crippen LogP contribution < -0.4 is 0 Å². The second-order valence-electron chi connectivity index (χ2n) is 4.65. The Morgan fingerprint density at radius 3 is 2.31 bits per heavy atom. The van der Waals surface area contributed by atoms with Crippen molar-refractivity contribution in [3.05, 3.63) is 0 Å². The van der Waals surface area contributed by atoms with Crippen LogP contribution in [0.3, 0.4) is 0 Å². The van der Waals surface area contributed by atoms with Crippen LogP contribution in [0.4, 0.5) is 0 Å². The van der Waals surface area contributed by atoms with Gasteiger partial charge >= 0.3 is 5.97 Å². The summed E-state index contributed by atoms with van der Waals surface area (Å²) in [6, 6.07) is 0. The monoisotopic (exact) mass is 184 g/mol. The Balaban J connectivity index is 2.00. The molecule has 2 atom stereocenters. The molecule has 0 bridgehead atoms. The molecule has 0 radical (unpaired) electrons. The van der Waals surface area contributed by atoms with Gasteiger partial charge in [0.1, 0.15) is 0 Å². The molecule has 2 saturated carbocycles. The highest BCUT2D eigenvalue weighted by Crippen LogP contribution is 2.49. The first-order chi connectivity index (χ1) is 6.09. The molecule has 3 heteroatoms. The van der Waals surface area contributed by atoms with Crippen molar-refractivity contribution in [3.63, 3.8) is 0 Å². The first-order valence-corrected chi connectivity index (χ1v) is 5.03. The van der Waals surface area contributed by atoms with Gasteiger partial charge in [0.25, 0.3) is 0 Å². The van der Waals surface area contributed by atoms with Crippen LogP contribution in [0.1, 0.15) is 38.5 Å². The molecule has 0 amide bonds. The molecular weight excluding hydrogens is 168 g/mol. The van der Waals surface area contributed by atoms with Gasteiger partial charge in [0.15, 0.2) is 0 Å². The van der Waals surface area contributed by atoms with Gasteiger partial charge in [-0.1, -0.05) is 19.3 Å². The molecule has 3 nitrogen and oxygen atoms in total. The molecule has 2 aliphatic carbocycles. The quantitative estimate of drug-likeness (QED) is 0.682. The van der Waals surface area contributed by atoms with E-state index < -0.39 is 11.6 Å². The molecule has 0 aliphatic heterocycles. The Kier molecular flexibility index (Phi) is 2.06. The molecule has 0 heterocycles. The van der Waals surface area contributed by atoms with Crippen LogP contribution >= 0.6 is 0 Å². The molecule has 74 valence electrons. The summed E-state index contributed by atoms with van der Waals surface area (Å²) in [4.78, 5) is 10.5. The van der Waals surface area contributed by atoms with Gasteiger partial charge in [-0.3, -0.25) is 4.79 Å². The Hall–Kier alpha value is -0.570. The highest BCUT2D eigenvalue weighted by atomic mass is 16.4. The lowest BCUT2D eigenvalue weighted by Gasteiger charge is -2.20. The van der Waals surface area contributed by atoms with E-state index in [4.69, 9.17) is 5.11 Å². The van der Waals surface area contributed by atoms with E-state index in [2.05, 4.69) is 0 Å². The predicted octanol–water partition coefficient (Wildman–Crippen LogP) is 1.40. The lowest BCUT2D eigenvalue weighted by atomic mass is 9.94. The summed E-state index contributed by atoms with van der Waals surface area (Å²) in [6.07, 6.45) is 4.99. The van der Waals surface area contributed by atoms with Crippen molar-refractivity contribution in [1.29, 1.82) is 0 Å². The zero-order valence-electron chi connectivity index (χ0n) is 7.70. The first-order valence-electron chi connectivity index (χ1n) is 5.03. The van der Waals surface area contributed by atoms with Crippen LogP contribution in [0.15, 0.2) is 0 Å². The third kappa shape index (κ3) is 1.70. The van der Waals surface area contributed by atoms with Crippen molar-refractivity contribution in [2.75, 3.05) is 0 Å². The van der Waals surface area contributed by atoms with Crippen LogP contribution in [0, 0.1) is 11.8 Å². The lowest BCUT2D eigenvalue weighted by molar-refractivity contribution is -0.142. The number of hydrogen-bond donors (Lipinski definition) is 2. The van der Waals surface area contributed by atoms with Crippen LogP contribution in [0.25, 0.3) is 0 Å². The molecule has 0 aromatic heterocycles. The average Bonchev–Trinajstić information content (AvgIpc) is 2.41. The number of aliphatic hydroxyl groups is 1. The minimum absolute atomic E-state index is 0.0694. The maximum atomic E-state index is 10.5. The molecule has 2 aliphatic rings. The van der Waals surface area contributed by atoms with Crippen molar-refractivity contribution < 1.29 is 15.0 Å². The number of rotatable bonds is 2. The Morgan fingerprint density at radius 2 is 1.85 bits per heavy atom. The van der Waals surface area contributed by atoms with Crippen molar-refractivity contribution in [3.8, 4) is 0 Å². The minimum atomic E-state index is -0.887. The fourth-order valence-electron chi connectivity index (χ4n) is 3.14. The molecular formula is C10H16O3. The zero-order valence-corrected chi connectivity index (χ0v) is 7.70. The van der Waals surface area contributed by atoms with Crippen LogP contribution in [-0.4, -0.2) is 21.8 Å². The van der Waals surface area contributed by atoms with Gasteiger partial charge in [-0.25, -0.2) is 0 Å². The predicted molar refractivity (Wildman–Crippen MR) is 47.3 cm³/mol. The minimum Gasteiger partial charge on any atom is -0.481 e. The molecule has 2 N–H and O–H groups in total. The van der Waals surface area contributed by atoms with Gasteiger partial charge in [0.05, 0.1) is 12.0 Å². The topological polar surface area (TPSA) is 57.5 Å². The van der Waals surface area contributed by atoms with E-state index in [0.29, 0.717) is 24.7 Å². The first kappa shape index (κ1) is 9.00. The maximum absolute atomic E-state index is 10.5. The molecule has 13 heavy (non-hydrogen) atoms. The van der Waals surface area contributed by atoms with Gasteiger partial charge in [-0.2, -0.15) is 0 Å². The summed E-state index contributed by atoms with van der Waals surface area (Å²) < 4.78 is 0. The normalized spacial score (nSPS) is 43.5. The van der Waals surface area contributed by atoms with Gasteiger partial charge in [-0.05, 0) is 24.7 Å². The summed E-state index contributed by atoms with van der Waals surface area (Å²) in [5.41, 5.74) is -0.887. The summed E-state index contributed by atoms with van der Waals surface area (Å²) in [6.45, 7) is 0. The second-order valence-corrected chi connectivity index (χ2v) is 4.65. The molecule has 0 aromatic carbocycles. The number of aliphatic carboxylic acids is 1. The van der Waals surface area contributed by atoms with E-state index in [1.54, 1.807) is 0 Å². The van der Waals surface area contributed by atoms with Gasteiger partial charge in [-0.15, -0.1) is 0 Å². The van der Waals surface area contributed by atoms with Crippen molar-refractivity contribution in [1.82, 2.24) is 0 Å². The number of fused-ring (bicyclic) bond motifs is 1. The molecule has 2 unspecified atom stereocenters. The Bertz CT molecular complexity index is 212. The van der Waals surface area contributed by atoms with E-state index in [1.807, 2.05) is 0 Å². The Labute approximate surface area is 77.8 Å². The van der Waals surface area contributed by atoms with Crippen molar-refractivity contribution in [2.24, 2.45) is 11.8 Å². The molecule has 0 spiro atoms. The van der Waals surface area contributed by atoms with E-state index in [0.717, 1.165) is 0 Å². The molecule has 2 fully saturated rings. The summed E-state index contributed by atoms with van der Waals surface area (Å²) in [7, 11) is 0. The molecule has 0 aromatic rings. The number of carbonyl (C=O) groups is 1. The fourth-order valence-corrected chi connectivity index (χ4v) is 3.14. The molecule has 0 saturated heterocycles. The second kappa shape index (κ2) is 2.98. The standard InChI is InChI=1S/C10H16O3/c11-9(12)6-10(13)4-7-2-1-3-8(7)5-10/h7-8,13H,1-6H2,(H,11,12). The zero-order chi connectivity index (χ0) is 9.47. The van der Waals surface area contributed by atoms with Crippen LogP contribution in [0.2, 0.25) is 0 Å². The third-order valence-electron chi connectivity index (χ3n) is 3.58. The van der Waals surface area contributed by atoms with Crippen LogP contribution in [0.5, 0.6) is 0 Å². The van der Waals surface area contributed by atoms with Crippen LogP contribution in [-0.2, 0) is 4.79 Å². The maximum Gasteiger partial charge on any atom is 0.306 e. The van der Waals surface area contributed by atoms with Gasteiger partial charge in [0, 0.05) is 0 Å². The lowest BCUT2D eigenvalue weighted by Crippen LogP contribution is -2.29. The van der Waals surface area contributed by atoms with Gasteiger partial charge in [0.2, 0.25) is 0 Å². The molecule has 2 rings (SSSR count). The summed E-state index contributed by atoms with van der Waals surface area (Å²) in [5, 5.41) is 18.6. The smallest absolute Gasteiger partial charge is 0.306 e. The average molecular weight is 184 g/mol. The van der Waals surface area contributed by atoms with Crippen molar-refractivity contribution in [2.45, 2.75) is 44.1 Å². The van der Waals surface area contributed by atoms with E-state index in [9.17, 15) is 9.90 Å².